The van der Waals surface area contributed by atoms with Crippen LogP contribution in [0.1, 0.15) is 18.6 Å². The number of aliphatic carboxylic acids is 1. The molecule has 5 heteroatoms. The third kappa shape index (κ3) is 4.99. The maximum Gasteiger partial charge on any atom is 0.303 e. The molecule has 0 radical (unpaired) electrons. The summed E-state index contributed by atoms with van der Waals surface area (Å²) in [5.41, 5.74) is 0. The zero-order valence-electron chi connectivity index (χ0n) is 8.57. The van der Waals surface area contributed by atoms with Crippen LogP contribution in [0.4, 0.5) is 0 Å². The Morgan fingerprint density at radius 2 is 2.33 bits per heavy atom. The van der Waals surface area contributed by atoms with Crippen molar-refractivity contribution in [1.29, 1.82) is 0 Å². The number of hydrogen-bond acceptors (Lipinski definition) is 3. The second kappa shape index (κ2) is 5.92. The molecule has 84 valence electrons. The fourth-order valence-electron chi connectivity index (χ4n) is 1.28. The van der Waals surface area contributed by atoms with Gasteiger partial charge in [-0.2, -0.15) is 0 Å². The molecular formula is C10H14BrNO3. The average molecular weight is 276 g/mol. The van der Waals surface area contributed by atoms with Gasteiger partial charge >= 0.3 is 5.97 Å². The summed E-state index contributed by atoms with van der Waals surface area (Å²) >= 11 is 3.23. The quantitative estimate of drug-likeness (QED) is 0.866. The van der Waals surface area contributed by atoms with Gasteiger partial charge in [0.15, 0.2) is 4.67 Å². The van der Waals surface area contributed by atoms with Crippen LogP contribution in [-0.2, 0) is 11.3 Å². The Hall–Kier alpha value is -0.810. The van der Waals surface area contributed by atoms with Crippen LogP contribution in [0.3, 0.4) is 0 Å². The highest BCUT2D eigenvalue weighted by molar-refractivity contribution is 9.10. The zero-order valence-corrected chi connectivity index (χ0v) is 10.2. The van der Waals surface area contributed by atoms with Gasteiger partial charge in [0, 0.05) is 6.42 Å². The normalized spacial score (nSPS) is 10.9. The highest BCUT2D eigenvalue weighted by atomic mass is 79.9. The molecule has 0 aromatic carbocycles. The molecule has 0 aliphatic carbocycles. The number of carboxylic acid groups (broad SMARTS) is 1. The minimum atomic E-state index is -0.746. The molecule has 0 saturated heterocycles. The molecule has 0 unspecified atom stereocenters. The first-order valence-corrected chi connectivity index (χ1v) is 5.52. The number of carboxylic acids is 1. The number of carbonyl (C=O) groups is 1. The lowest BCUT2D eigenvalue weighted by Crippen LogP contribution is -2.19. The van der Waals surface area contributed by atoms with Gasteiger partial charge in [0.1, 0.15) is 5.76 Å². The molecule has 0 saturated carbocycles. The van der Waals surface area contributed by atoms with E-state index in [0.717, 1.165) is 17.0 Å². The van der Waals surface area contributed by atoms with Crippen LogP contribution < -0.4 is 0 Å². The van der Waals surface area contributed by atoms with Gasteiger partial charge in [-0.25, -0.2) is 0 Å². The Labute approximate surface area is 97.0 Å². The zero-order chi connectivity index (χ0) is 11.3. The summed E-state index contributed by atoms with van der Waals surface area (Å²) in [7, 11) is 1.94. The minimum Gasteiger partial charge on any atom is -0.481 e. The lowest BCUT2D eigenvalue weighted by molar-refractivity contribution is -0.137. The van der Waals surface area contributed by atoms with Gasteiger partial charge in [-0.3, -0.25) is 9.69 Å². The first-order chi connectivity index (χ1) is 7.08. The molecule has 1 N–H and O–H groups in total. The molecule has 1 aromatic heterocycles. The largest absolute Gasteiger partial charge is 0.481 e. The minimum absolute atomic E-state index is 0.214. The van der Waals surface area contributed by atoms with Gasteiger partial charge in [-0.15, -0.1) is 0 Å². The van der Waals surface area contributed by atoms with Crippen molar-refractivity contribution in [2.75, 3.05) is 13.6 Å². The van der Waals surface area contributed by atoms with Crippen molar-refractivity contribution in [1.82, 2.24) is 4.90 Å². The van der Waals surface area contributed by atoms with E-state index in [1.54, 1.807) is 0 Å². The first-order valence-electron chi connectivity index (χ1n) is 4.72. The van der Waals surface area contributed by atoms with Gasteiger partial charge < -0.3 is 9.52 Å². The van der Waals surface area contributed by atoms with Gasteiger partial charge in [0.2, 0.25) is 0 Å². The van der Waals surface area contributed by atoms with Crippen molar-refractivity contribution in [3.05, 3.63) is 22.6 Å². The van der Waals surface area contributed by atoms with Crippen LogP contribution in [0.2, 0.25) is 0 Å². The van der Waals surface area contributed by atoms with Crippen molar-refractivity contribution >= 4 is 21.9 Å². The molecular weight excluding hydrogens is 262 g/mol. The standard InChI is InChI=1S/C10H14BrNO3/c1-12(6-2-3-10(13)14)7-8-4-5-9(11)15-8/h4-5H,2-3,6-7H2,1H3,(H,13,14). The maximum atomic E-state index is 10.3. The monoisotopic (exact) mass is 275 g/mol. The van der Waals surface area contributed by atoms with Crippen LogP contribution in [0.15, 0.2) is 21.2 Å². The van der Waals surface area contributed by atoms with Crippen molar-refractivity contribution in [2.45, 2.75) is 19.4 Å². The fraction of sp³-hybridized carbons (Fsp3) is 0.500. The van der Waals surface area contributed by atoms with Crippen LogP contribution in [0.5, 0.6) is 0 Å². The summed E-state index contributed by atoms with van der Waals surface area (Å²) in [6.45, 7) is 1.45. The maximum absolute atomic E-state index is 10.3. The third-order valence-electron chi connectivity index (χ3n) is 1.99. The molecule has 0 aliphatic heterocycles. The molecule has 1 aromatic rings. The van der Waals surface area contributed by atoms with Crippen LogP contribution in [-0.4, -0.2) is 29.6 Å². The van der Waals surface area contributed by atoms with Crippen molar-refractivity contribution < 1.29 is 14.3 Å². The molecule has 1 heterocycles. The number of halogens is 1. The third-order valence-corrected chi connectivity index (χ3v) is 2.41. The van der Waals surface area contributed by atoms with Gasteiger partial charge in [0.05, 0.1) is 6.54 Å². The molecule has 15 heavy (non-hydrogen) atoms. The van der Waals surface area contributed by atoms with Crippen LogP contribution in [0, 0.1) is 0 Å². The van der Waals surface area contributed by atoms with Gasteiger partial charge in [-0.05, 0) is 48.1 Å². The molecule has 0 amide bonds. The van der Waals surface area contributed by atoms with Gasteiger partial charge in [0.25, 0.3) is 0 Å². The predicted molar refractivity (Wildman–Crippen MR) is 59.6 cm³/mol. The molecule has 1 rings (SSSR count). The number of hydrogen-bond donors (Lipinski definition) is 1. The lowest BCUT2D eigenvalue weighted by Gasteiger charge is -2.13. The number of nitrogens with zero attached hydrogens (tertiary/aromatic N) is 1. The summed E-state index contributed by atoms with van der Waals surface area (Å²) in [5.74, 6) is 0.129. The Morgan fingerprint density at radius 3 is 2.87 bits per heavy atom. The number of rotatable bonds is 6. The summed E-state index contributed by atoms with van der Waals surface area (Å²) in [6.07, 6.45) is 0.875. The molecule has 0 fully saturated rings. The number of furan rings is 1. The first kappa shape index (κ1) is 12.3. The summed E-state index contributed by atoms with van der Waals surface area (Å²) < 4.78 is 6.06. The van der Waals surface area contributed by atoms with E-state index in [1.165, 1.54) is 0 Å². The van der Waals surface area contributed by atoms with E-state index >= 15 is 0 Å². The summed E-state index contributed by atoms with van der Waals surface area (Å²) in [4.78, 5) is 12.3. The fourth-order valence-corrected chi connectivity index (χ4v) is 1.62. The Morgan fingerprint density at radius 1 is 1.60 bits per heavy atom. The van der Waals surface area contributed by atoms with E-state index in [2.05, 4.69) is 15.9 Å². The van der Waals surface area contributed by atoms with E-state index in [-0.39, 0.29) is 6.42 Å². The molecule has 0 atom stereocenters. The van der Waals surface area contributed by atoms with E-state index in [0.29, 0.717) is 13.0 Å². The van der Waals surface area contributed by atoms with Crippen molar-refractivity contribution in [3.8, 4) is 0 Å². The van der Waals surface area contributed by atoms with Gasteiger partial charge in [-0.1, -0.05) is 0 Å². The SMILES string of the molecule is CN(CCCC(=O)O)Cc1ccc(Br)o1. The topological polar surface area (TPSA) is 53.7 Å². The van der Waals surface area contributed by atoms with E-state index in [9.17, 15) is 4.79 Å². The Kier molecular flexibility index (Phi) is 4.84. The second-order valence-electron chi connectivity index (χ2n) is 3.44. The Bertz CT molecular complexity index is 324. The van der Waals surface area contributed by atoms with Crippen LogP contribution in [0.25, 0.3) is 0 Å². The van der Waals surface area contributed by atoms with Crippen LogP contribution >= 0.6 is 15.9 Å². The molecule has 0 aliphatic rings. The van der Waals surface area contributed by atoms with E-state index in [4.69, 9.17) is 9.52 Å². The summed E-state index contributed by atoms with van der Waals surface area (Å²) in [5, 5.41) is 8.48. The Balaban J connectivity index is 2.24. The smallest absolute Gasteiger partial charge is 0.303 e. The lowest BCUT2D eigenvalue weighted by atomic mass is 10.3. The van der Waals surface area contributed by atoms with E-state index < -0.39 is 5.97 Å². The van der Waals surface area contributed by atoms with Crippen molar-refractivity contribution in [2.24, 2.45) is 0 Å². The molecule has 4 nitrogen and oxygen atoms in total. The highest BCUT2D eigenvalue weighted by Gasteiger charge is 2.05. The molecule has 0 bridgehead atoms. The van der Waals surface area contributed by atoms with Crippen molar-refractivity contribution in [3.63, 3.8) is 0 Å². The molecule has 0 spiro atoms. The summed E-state index contributed by atoms with van der Waals surface area (Å²) in [6, 6.07) is 3.75. The highest BCUT2D eigenvalue weighted by Crippen LogP contribution is 2.15. The van der Waals surface area contributed by atoms with E-state index in [1.807, 2.05) is 24.1 Å². The average Bonchev–Trinajstić information content (AvgIpc) is 2.50. The predicted octanol–water partition coefficient (Wildman–Crippen LogP) is 2.34. The second-order valence-corrected chi connectivity index (χ2v) is 4.22.